The molecule has 0 radical (unpaired) electrons. The van der Waals surface area contributed by atoms with Crippen molar-refractivity contribution < 1.29 is 35.2 Å². The van der Waals surface area contributed by atoms with Crippen LogP contribution in [0.2, 0.25) is 0 Å². The maximum atomic E-state index is 13.6. The highest BCUT2D eigenvalue weighted by molar-refractivity contribution is 7.89. The Balaban J connectivity index is 1.39. The molecule has 1 atom stereocenters. The highest BCUT2D eigenvalue weighted by Gasteiger charge is 2.41. The molecule has 0 aliphatic carbocycles. The number of amides is 1. The van der Waals surface area contributed by atoms with Gasteiger partial charge < -0.3 is 9.73 Å². The molecule has 1 aliphatic heterocycles. The number of benzene rings is 2. The summed E-state index contributed by atoms with van der Waals surface area (Å²) in [5.74, 6) is -1.27. The molecule has 1 amide bonds. The molecule has 1 fully saturated rings. The van der Waals surface area contributed by atoms with Crippen LogP contribution in [-0.4, -0.2) is 40.4 Å². The maximum absolute atomic E-state index is 13.6. The fraction of sp³-hybridized carbons (Fsp3) is 0.296. The normalized spacial score (nSPS) is 16.3. The summed E-state index contributed by atoms with van der Waals surface area (Å²) in [6.45, 7) is 1.13. The van der Waals surface area contributed by atoms with E-state index in [0.717, 1.165) is 56.0 Å². The number of carbonyl (C=O) groups excluding carboxylic acids is 1. The quantitative estimate of drug-likeness (QED) is 0.321. The van der Waals surface area contributed by atoms with E-state index in [-0.39, 0.29) is 48.3 Å². The van der Waals surface area contributed by atoms with E-state index in [1.165, 1.54) is 19.1 Å². The topological polar surface area (TPSA) is 124 Å². The van der Waals surface area contributed by atoms with Gasteiger partial charge in [-0.15, -0.1) is 0 Å². The molecule has 2 aromatic carbocycles. The van der Waals surface area contributed by atoms with Crippen molar-refractivity contribution in [2.45, 2.75) is 50.2 Å². The van der Waals surface area contributed by atoms with Gasteiger partial charge in [0.1, 0.15) is 17.4 Å². The molecule has 1 saturated heterocycles. The Labute approximate surface area is 235 Å². The van der Waals surface area contributed by atoms with Gasteiger partial charge in [-0.05, 0) is 62.2 Å². The van der Waals surface area contributed by atoms with Crippen molar-refractivity contribution in [3.63, 3.8) is 0 Å². The molecule has 0 bridgehead atoms. The number of nitrogens with one attached hydrogen (secondary N) is 1. The summed E-state index contributed by atoms with van der Waals surface area (Å²) in [6.07, 6.45) is -2.89. The van der Waals surface area contributed by atoms with E-state index in [1.54, 1.807) is 0 Å². The largest absolute Gasteiger partial charge is 0.443 e. The molecule has 0 saturated carbocycles. The van der Waals surface area contributed by atoms with Gasteiger partial charge in [-0.2, -0.15) is 17.5 Å². The number of halogens is 4. The summed E-state index contributed by atoms with van der Waals surface area (Å²) < 4.78 is 87.5. The number of hydrogen-bond acceptors (Lipinski definition) is 6. The van der Waals surface area contributed by atoms with Gasteiger partial charge in [0.05, 0.1) is 16.8 Å². The predicted octanol–water partition coefficient (Wildman–Crippen LogP) is 3.39. The molecule has 15 heteroatoms. The van der Waals surface area contributed by atoms with Gasteiger partial charge >= 0.3 is 11.9 Å². The number of nitrogens with zero attached hydrogens (tertiary/aromatic N) is 3. The Kier molecular flexibility index (Phi) is 7.57. The number of carbonyl (C=O) groups is 1. The van der Waals surface area contributed by atoms with Crippen LogP contribution in [0.3, 0.4) is 0 Å². The number of rotatable bonds is 7. The van der Waals surface area contributed by atoms with E-state index in [9.17, 15) is 40.4 Å². The van der Waals surface area contributed by atoms with Crippen LogP contribution >= 0.6 is 0 Å². The van der Waals surface area contributed by atoms with E-state index in [4.69, 9.17) is 4.42 Å². The summed E-state index contributed by atoms with van der Waals surface area (Å²) in [7, 11) is -4.28. The van der Waals surface area contributed by atoms with Crippen LogP contribution in [0.25, 0.3) is 16.7 Å². The third-order valence-corrected chi connectivity index (χ3v) is 8.77. The Morgan fingerprint density at radius 1 is 1.10 bits per heavy atom. The molecule has 0 unspecified atom stereocenters. The summed E-state index contributed by atoms with van der Waals surface area (Å²) in [4.78, 5) is 39.0. The molecular formula is C27H24F4N4O6S. The van der Waals surface area contributed by atoms with E-state index in [0.29, 0.717) is 6.42 Å². The molecule has 4 aromatic rings. The zero-order valence-electron chi connectivity index (χ0n) is 22.0. The minimum Gasteiger partial charge on any atom is -0.443 e. The molecule has 2 aromatic heterocycles. The second kappa shape index (κ2) is 10.9. The van der Waals surface area contributed by atoms with E-state index in [1.807, 2.05) is 0 Å². The lowest BCUT2D eigenvalue weighted by Gasteiger charge is -2.22. The van der Waals surface area contributed by atoms with E-state index in [2.05, 4.69) is 5.32 Å². The van der Waals surface area contributed by atoms with Crippen molar-refractivity contribution in [2.24, 2.45) is 0 Å². The predicted molar refractivity (Wildman–Crippen MR) is 142 cm³/mol. The van der Waals surface area contributed by atoms with Crippen LogP contribution in [-0.2, 0) is 34.1 Å². The van der Waals surface area contributed by atoms with Crippen LogP contribution in [0.1, 0.15) is 30.9 Å². The fourth-order valence-electron chi connectivity index (χ4n) is 4.88. The zero-order chi connectivity index (χ0) is 30.4. The van der Waals surface area contributed by atoms with Gasteiger partial charge in [0.25, 0.3) is 15.6 Å². The monoisotopic (exact) mass is 608 g/mol. The molecule has 1 N–H and O–H groups in total. The van der Waals surface area contributed by atoms with E-state index < -0.39 is 55.9 Å². The van der Waals surface area contributed by atoms with Gasteiger partial charge in [-0.1, -0.05) is 0 Å². The number of alkyl halides is 3. The van der Waals surface area contributed by atoms with Crippen LogP contribution in [0, 0.1) is 5.82 Å². The van der Waals surface area contributed by atoms with Gasteiger partial charge in [0.2, 0.25) is 11.0 Å². The smallest absolute Gasteiger partial charge is 0.416 e. The fourth-order valence-corrected chi connectivity index (χ4v) is 6.48. The Bertz CT molecular complexity index is 1890. The number of sulfonamides is 1. The van der Waals surface area contributed by atoms with Crippen molar-refractivity contribution in [1.29, 1.82) is 0 Å². The van der Waals surface area contributed by atoms with Crippen LogP contribution < -0.4 is 16.6 Å². The van der Waals surface area contributed by atoms with Crippen molar-refractivity contribution in [1.82, 2.24) is 18.8 Å². The Hall–Kier alpha value is -4.24. The summed E-state index contributed by atoms with van der Waals surface area (Å²) in [6, 6.07) is 7.38. The van der Waals surface area contributed by atoms with Crippen molar-refractivity contribution in [3.8, 4) is 5.69 Å². The number of furan rings is 1. The lowest BCUT2D eigenvalue weighted by atomic mass is 10.2. The maximum Gasteiger partial charge on any atom is 0.416 e. The van der Waals surface area contributed by atoms with Gasteiger partial charge in [0, 0.05) is 37.3 Å². The molecule has 1 aliphatic rings. The number of aromatic nitrogens is 2. The zero-order valence-corrected chi connectivity index (χ0v) is 22.8. The standard InChI is InChI=1S/C27H24F4N4O6S/c1-2-33-25(37)17(15-34(26(33)38)20-8-5-18(6-9-20)27(29,30)31)14-32-24(36)21-4-3-11-35(21)42(39,40)23-13-16-12-19(28)7-10-22(16)41-23/h5-10,12-13,15,21H,2-4,11,14H2,1H3,(H,32,36)/t21-/m0/s1. The van der Waals surface area contributed by atoms with E-state index >= 15 is 0 Å². The van der Waals surface area contributed by atoms with Crippen LogP contribution in [0.5, 0.6) is 0 Å². The van der Waals surface area contributed by atoms with Crippen molar-refractivity contribution in [3.05, 3.63) is 92.5 Å². The molecule has 3 heterocycles. The lowest BCUT2D eigenvalue weighted by Crippen LogP contribution is -2.47. The molecule has 222 valence electrons. The molecule has 0 spiro atoms. The highest BCUT2D eigenvalue weighted by Crippen LogP contribution is 2.31. The first-order chi connectivity index (χ1) is 19.8. The van der Waals surface area contributed by atoms with Gasteiger partial charge in [-0.25, -0.2) is 17.6 Å². The first-order valence-electron chi connectivity index (χ1n) is 12.8. The van der Waals surface area contributed by atoms with Crippen LogP contribution in [0.4, 0.5) is 17.6 Å². The molecule has 5 rings (SSSR count). The summed E-state index contributed by atoms with van der Waals surface area (Å²) >= 11 is 0. The average Bonchev–Trinajstić information content (AvgIpc) is 3.61. The van der Waals surface area contributed by atoms with Crippen LogP contribution in [0.15, 0.2) is 73.8 Å². The number of fused-ring (bicyclic) bond motifs is 1. The first-order valence-corrected chi connectivity index (χ1v) is 14.3. The number of hydrogen-bond donors (Lipinski definition) is 1. The third-order valence-electron chi connectivity index (χ3n) is 7.01. The minimum atomic E-state index is -4.58. The summed E-state index contributed by atoms with van der Waals surface area (Å²) in [5, 5.41) is 2.34. The molecule has 42 heavy (non-hydrogen) atoms. The van der Waals surface area contributed by atoms with Crippen molar-refractivity contribution in [2.75, 3.05) is 6.54 Å². The average molecular weight is 609 g/mol. The molecular weight excluding hydrogens is 584 g/mol. The third kappa shape index (κ3) is 5.36. The summed E-state index contributed by atoms with van der Waals surface area (Å²) in [5.41, 5.74) is -2.22. The second-order valence-corrected chi connectivity index (χ2v) is 11.5. The van der Waals surface area contributed by atoms with Gasteiger partial charge in [0.15, 0.2) is 0 Å². The highest BCUT2D eigenvalue weighted by atomic mass is 32.2. The second-order valence-electron chi connectivity index (χ2n) is 9.64. The van der Waals surface area contributed by atoms with Crippen molar-refractivity contribution >= 4 is 26.9 Å². The first kappa shape index (κ1) is 29.3. The lowest BCUT2D eigenvalue weighted by molar-refractivity contribution is -0.137. The van der Waals surface area contributed by atoms with Gasteiger partial charge in [-0.3, -0.25) is 18.7 Å². The Morgan fingerprint density at radius 2 is 1.81 bits per heavy atom. The molecule has 10 nitrogen and oxygen atoms in total. The Morgan fingerprint density at radius 3 is 2.48 bits per heavy atom. The SMILES string of the molecule is CCn1c(=O)c(CNC(=O)[C@@H]2CCCN2S(=O)(=O)c2cc3cc(F)ccc3o2)cn(-c2ccc(C(F)(F)F)cc2)c1=O. The minimum absolute atomic E-state index is 0.0211.